The van der Waals surface area contributed by atoms with Crippen LogP contribution < -0.4 is 10.6 Å². The van der Waals surface area contributed by atoms with Crippen LogP contribution in [0.5, 0.6) is 0 Å². The normalized spacial score (nSPS) is 12.2. The minimum atomic E-state index is 0.780. The summed E-state index contributed by atoms with van der Waals surface area (Å²) in [5.74, 6) is 0.905. The predicted octanol–water partition coefficient (Wildman–Crippen LogP) is 0.478. The smallest absolute Gasteiger partial charge is 0.191 e. The number of ether oxygens (including phenoxy) is 2. The Morgan fingerprint density at radius 3 is 2.21 bits per heavy atom. The summed E-state index contributed by atoms with van der Waals surface area (Å²) < 4.78 is 10.2. The number of hydrogen-bond donors (Lipinski definition) is 2. The average Bonchev–Trinajstić information content (AvgIpc) is 2.57. The summed E-state index contributed by atoms with van der Waals surface area (Å²) in [5, 5.41) is 6.69. The van der Waals surface area contributed by atoms with E-state index in [2.05, 4.69) is 46.4 Å². The number of aliphatic imine (C=N–C) groups is 1. The van der Waals surface area contributed by atoms with Crippen LogP contribution in [0.2, 0.25) is 0 Å². The lowest BCUT2D eigenvalue weighted by Gasteiger charge is -2.18. The van der Waals surface area contributed by atoms with E-state index in [9.17, 15) is 0 Å². The third-order valence-electron chi connectivity index (χ3n) is 3.66. The largest absolute Gasteiger partial charge is 0.385 e. The quantitative estimate of drug-likeness (QED) is 0.256. The van der Waals surface area contributed by atoms with Crippen molar-refractivity contribution < 1.29 is 9.47 Å². The second-order valence-corrected chi connectivity index (χ2v) is 5.99. The van der Waals surface area contributed by atoms with Crippen LogP contribution in [0, 0.1) is 0 Å². The molecule has 0 radical (unpaired) electrons. The van der Waals surface area contributed by atoms with Crippen molar-refractivity contribution in [1.82, 2.24) is 20.4 Å². The number of likely N-dealkylation sites (N-methyl/N-ethyl adjacent to an activating group) is 2. The second-order valence-electron chi connectivity index (χ2n) is 5.99. The highest BCUT2D eigenvalue weighted by atomic mass is 16.5. The highest BCUT2D eigenvalue weighted by molar-refractivity contribution is 5.79. The minimum Gasteiger partial charge on any atom is -0.385 e. The predicted molar refractivity (Wildman–Crippen MR) is 102 cm³/mol. The summed E-state index contributed by atoms with van der Waals surface area (Å²) >= 11 is 0. The maximum Gasteiger partial charge on any atom is 0.191 e. The van der Waals surface area contributed by atoms with Crippen LogP contribution in [0.3, 0.4) is 0 Å². The van der Waals surface area contributed by atoms with Crippen LogP contribution in [0.15, 0.2) is 4.99 Å². The maximum atomic E-state index is 5.08. The SMILES string of the molecule is CCNC(=NCCCN(C)CCOC)NCCN(C)CCCOC. The molecule has 0 amide bonds. The lowest BCUT2D eigenvalue weighted by atomic mass is 10.4. The van der Waals surface area contributed by atoms with Gasteiger partial charge in [-0.1, -0.05) is 0 Å². The van der Waals surface area contributed by atoms with Crippen molar-refractivity contribution >= 4 is 5.96 Å². The van der Waals surface area contributed by atoms with E-state index < -0.39 is 0 Å². The zero-order chi connectivity index (χ0) is 18.0. The summed E-state index contributed by atoms with van der Waals surface area (Å²) in [4.78, 5) is 9.21. The van der Waals surface area contributed by atoms with Gasteiger partial charge in [-0.25, -0.2) is 0 Å². The fourth-order valence-corrected chi connectivity index (χ4v) is 2.19. The van der Waals surface area contributed by atoms with Gasteiger partial charge in [0.05, 0.1) is 6.61 Å². The molecule has 0 heterocycles. The van der Waals surface area contributed by atoms with E-state index in [0.29, 0.717) is 0 Å². The molecular formula is C17H39N5O2. The first kappa shape index (κ1) is 23.1. The van der Waals surface area contributed by atoms with Gasteiger partial charge in [0.15, 0.2) is 5.96 Å². The Morgan fingerprint density at radius 2 is 1.54 bits per heavy atom. The molecule has 0 aliphatic heterocycles. The van der Waals surface area contributed by atoms with E-state index in [1.54, 1.807) is 14.2 Å². The monoisotopic (exact) mass is 345 g/mol. The first-order valence-corrected chi connectivity index (χ1v) is 9.01. The summed E-state index contributed by atoms with van der Waals surface area (Å²) in [6, 6.07) is 0. The maximum absolute atomic E-state index is 5.08. The van der Waals surface area contributed by atoms with Gasteiger partial charge in [-0.3, -0.25) is 4.99 Å². The third-order valence-corrected chi connectivity index (χ3v) is 3.66. The molecule has 0 saturated carbocycles. The number of guanidine groups is 1. The molecule has 144 valence electrons. The van der Waals surface area contributed by atoms with Crippen LogP contribution in [0.1, 0.15) is 19.8 Å². The Bertz CT molecular complexity index is 303. The first-order valence-electron chi connectivity index (χ1n) is 9.01. The molecule has 7 nitrogen and oxygen atoms in total. The fourth-order valence-electron chi connectivity index (χ4n) is 2.19. The summed E-state index contributed by atoms with van der Waals surface area (Å²) in [6.45, 7) is 10.3. The van der Waals surface area contributed by atoms with Gasteiger partial charge in [0.25, 0.3) is 0 Å². The third kappa shape index (κ3) is 14.7. The molecule has 0 aromatic heterocycles. The van der Waals surface area contributed by atoms with Gasteiger partial charge in [0.1, 0.15) is 0 Å². The molecule has 0 aliphatic rings. The highest BCUT2D eigenvalue weighted by Gasteiger charge is 2.01. The van der Waals surface area contributed by atoms with Crippen molar-refractivity contribution in [2.45, 2.75) is 19.8 Å². The van der Waals surface area contributed by atoms with Gasteiger partial charge in [0.2, 0.25) is 0 Å². The van der Waals surface area contributed by atoms with Gasteiger partial charge in [0, 0.05) is 60.1 Å². The summed E-state index contributed by atoms with van der Waals surface area (Å²) in [6.07, 6.45) is 2.12. The van der Waals surface area contributed by atoms with E-state index >= 15 is 0 Å². The van der Waals surface area contributed by atoms with E-state index in [1.807, 2.05) is 0 Å². The molecule has 0 aromatic carbocycles. The zero-order valence-corrected chi connectivity index (χ0v) is 16.4. The van der Waals surface area contributed by atoms with E-state index in [4.69, 9.17) is 9.47 Å². The molecule has 0 unspecified atom stereocenters. The zero-order valence-electron chi connectivity index (χ0n) is 16.4. The topological polar surface area (TPSA) is 61.4 Å². The molecule has 0 bridgehead atoms. The van der Waals surface area contributed by atoms with Crippen LogP contribution in [0.4, 0.5) is 0 Å². The van der Waals surface area contributed by atoms with E-state index in [0.717, 1.165) is 77.8 Å². The Labute approximate surface area is 148 Å². The molecule has 0 spiro atoms. The Kier molecular flexibility index (Phi) is 16.3. The Morgan fingerprint density at radius 1 is 0.875 bits per heavy atom. The van der Waals surface area contributed by atoms with Crippen molar-refractivity contribution in [3.8, 4) is 0 Å². The van der Waals surface area contributed by atoms with Crippen molar-refractivity contribution in [2.24, 2.45) is 4.99 Å². The Hall–Kier alpha value is -0.890. The minimum absolute atomic E-state index is 0.780. The molecule has 0 rings (SSSR count). The van der Waals surface area contributed by atoms with Gasteiger partial charge in [-0.05, 0) is 40.4 Å². The Balaban J connectivity index is 3.89. The lowest BCUT2D eigenvalue weighted by molar-refractivity contribution is 0.161. The number of nitrogens with zero attached hydrogens (tertiary/aromatic N) is 3. The molecule has 7 heteroatoms. The van der Waals surface area contributed by atoms with Crippen molar-refractivity contribution in [2.75, 3.05) is 87.3 Å². The number of hydrogen-bond acceptors (Lipinski definition) is 5. The molecule has 0 atom stereocenters. The van der Waals surface area contributed by atoms with Crippen molar-refractivity contribution in [1.29, 1.82) is 0 Å². The van der Waals surface area contributed by atoms with Gasteiger partial charge in [-0.2, -0.15) is 0 Å². The van der Waals surface area contributed by atoms with E-state index in [-0.39, 0.29) is 0 Å². The first-order chi connectivity index (χ1) is 11.6. The molecule has 0 saturated heterocycles. The van der Waals surface area contributed by atoms with Crippen LogP contribution in [-0.2, 0) is 9.47 Å². The number of methoxy groups -OCH3 is 2. The van der Waals surface area contributed by atoms with Crippen LogP contribution in [-0.4, -0.2) is 103 Å². The molecule has 0 aliphatic carbocycles. The molecule has 2 N–H and O–H groups in total. The average molecular weight is 346 g/mol. The molecule has 0 fully saturated rings. The number of nitrogens with one attached hydrogen (secondary N) is 2. The second kappa shape index (κ2) is 17.0. The van der Waals surface area contributed by atoms with Gasteiger partial charge < -0.3 is 29.9 Å². The van der Waals surface area contributed by atoms with Crippen molar-refractivity contribution in [3.05, 3.63) is 0 Å². The highest BCUT2D eigenvalue weighted by Crippen LogP contribution is 1.90. The van der Waals surface area contributed by atoms with Gasteiger partial charge >= 0.3 is 0 Å². The van der Waals surface area contributed by atoms with Gasteiger partial charge in [-0.15, -0.1) is 0 Å². The summed E-state index contributed by atoms with van der Waals surface area (Å²) in [5.41, 5.74) is 0. The lowest BCUT2D eigenvalue weighted by Crippen LogP contribution is -2.41. The van der Waals surface area contributed by atoms with Crippen LogP contribution in [0.25, 0.3) is 0 Å². The molecular weight excluding hydrogens is 306 g/mol. The fraction of sp³-hybridized carbons (Fsp3) is 0.941. The van der Waals surface area contributed by atoms with E-state index in [1.165, 1.54) is 0 Å². The molecule has 24 heavy (non-hydrogen) atoms. The molecule has 0 aromatic rings. The van der Waals surface area contributed by atoms with Crippen LogP contribution >= 0.6 is 0 Å². The number of rotatable bonds is 15. The van der Waals surface area contributed by atoms with Crippen molar-refractivity contribution in [3.63, 3.8) is 0 Å². The standard InChI is InChI=1S/C17H39N5O2/c1-6-18-17(19-9-7-11-22(3)14-16-24-5)20-10-13-21(2)12-8-15-23-4/h6-16H2,1-5H3,(H2,18,19,20). The summed E-state index contributed by atoms with van der Waals surface area (Å²) in [7, 11) is 7.74.